The Balaban J connectivity index is 2.39. The van der Waals surface area contributed by atoms with E-state index in [1.165, 1.54) is 0 Å². The van der Waals surface area contributed by atoms with Crippen LogP contribution in [0.3, 0.4) is 0 Å². The van der Waals surface area contributed by atoms with Gasteiger partial charge in [-0.15, -0.1) is 0 Å². The lowest BCUT2D eigenvalue weighted by atomic mass is 10.0. The summed E-state index contributed by atoms with van der Waals surface area (Å²) in [6.45, 7) is 0. The van der Waals surface area contributed by atoms with Crippen molar-refractivity contribution in [2.75, 3.05) is 19.0 Å². The molecule has 21 heavy (non-hydrogen) atoms. The number of halogens is 2. The molecule has 0 bridgehead atoms. The van der Waals surface area contributed by atoms with Crippen molar-refractivity contribution in [2.24, 2.45) is 0 Å². The molecule has 4 heteroatoms. The van der Waals surface area contributed by atoms with Gasteiger partial charge in [0, 0.05) is 23.6 Å². The zero-order chi connectivity index (χ0) is 15.4. The zero-order valence-electron chi connectivity index (χ0n) is 11.8. The van der Waals surface area contributed by atoms with Gasteiger partial charge < -0.3 is 4.90 Å². The van der Waals surface area contributed by atoms with Gasteiger partial charge in [0.2, 0.25) is 0 Å². The first kappa shape index (κ1) is 15.6. The Morgan fingerprint density at radius 2 is 1.86 bits per heavy atom. The summed E-state index contributed by atoms with van der Waals surface area (Å²) in [7, 11) is 3.98. The number of nitriles is 1. The predicted molar refractivity (Wildman–Crippen MR) is 93.4 cm³/mol. The van der Waals surface area contributed by atoms with Crippen molar-refractivity contribution in [1.82, 2.24) is 0 Å². The largest absolute Gasteiger partial charge is 0.377 e. The Morgan fingerprint density at radius 1 is 1.19 bits per heavy atom. The fourth-order valence-electron chi connectivity index (χ4n) is 1.95. The van der Waals surface area contributed by atoms with Gasteiger partial charge in [0.15, 0.2) is 0 Å². The Kier molecular flexibility index (Phi) is 5.06. The molecule has 0 aromatic heterocycles. The molecule has 0 aliphatic rings. The second-order valence-corrected chi connectivity index (χ2v) is 6.07. The number of hydrogen-bond donors (Lipinski definition) is 0. The topological polar surface area (TPSA) is 27.0 Å². The number of benzene rings is 2. The number of anilines is 1. The number of hydrogen-bond acceptors (Lipinski definition) is 2. The van der Waals surface area contributed by atoms with Crippen LogP contribution < -0.4 is 4.90 Å². The maximum atomic E-state index is 9.35. The lowest BCUT2D eigenvalue weighted by Crippen LogP contribution is -2.09. The molecule has 0 heterocycles. The molecule has 2 rings (SSSR count). The van der Waals surface area contributed by atoms with Gasteiger partial charge in [0.25, 0.3) is 0 Å². The molecule has 106 valence electrons. The van der Waals surface area contributed by atoms with Gasteiger partial charge in [0.05, 0.1) is 17.3 Å². The van der Waals surface area contributed by atoms with Crippen molar-refractivity contribution in [1.29, 1.82) is 5.26 Å². The molecule has 2 aromatic rings. The summed E-state index contributed by atoms with van der Waals surface area (Å²) in [6, 6.07) is 15.5. The van der Waals surface area contributed by atoms with Gasteiger partial charge in [-0.3, -0.25) is 0 Å². The monoisotopic (exact) mass is 360 g/mol. The molecule has 0 saturated heterocycles. The first-order chi connectivity index (χ1) is 10.0. The molecule has 0 fully saturated rings. The number of rotatable bonds is 3. The van der Waals surface area contributed by atoms with Crippen LogP contribution in [0.4, 0.5) is 5.69 Å². The highest BCUT2D eigenvalue weighted by Gasteiger charge is 2.05. The molecule has 0 unspecified atom stereocenters. The van der Waals surface area contributed by atoms with Crippen LogP contribution in [0.5, 0.6) is 0 Å². The first-order valence-electron chi connectivity index (χ1n) is 6.36. The molecular formula is C17H14BrClN2. The van der Waals surface area contributed by atoms with Crippen molar-refractivity contribution >= 4 is 44.9 Å². The molecule has 0 atom stereocenters. The summed E-state index contributed by atoms with van der Waals surface area (Å²) in [4.78, 5) is 2.03. The molecule has 0 N–H and O–H groups in total. The van der Waals surface area contributed by atoms with Crippen LogP contribution >= 0.6 is 27.5 Å². The van der Waals surface area contributed by atoms with E-state index >= 15 is 0 Å². The molecule has 2 nitrogen and oxygen atoms in total. The van der Waals surface area contributed by atoms with Crippen LogP contribution in [-0.4, -0.2) is 14.1 Å². The van der Waals surface area contributed by atoms with E-state index < -0.39 is 0 Å². The van der Waals surface area contributed by atoms with Crippen molar-refractivity contribution in [3.63, 3.8) is 0 Å². The maximum absolute atomic E-state index is 9.35. The second kappa shape index (κ2) is 6.80. The average Bonchev–Trinajstić information content (AvgIpc) is 2.45. The summed E-state index contributed by atoms with van der Waals surface area (Å²) in [5, 5.41) is 10.0. The molecule has 2 aromatic carbocycles. The number of nitrogens with zero attached hydrogens (tertiary/aromatic N) is 2. The highest BCUT2D eigenvalue weighted by molar-refractivity contribution is 9.10. The summed E-state index contributed by atoms with van der Waals surface area (Å²) in [5.74, 6) is 0. The van der Waals surface area contributed by atoms with Crippen molar-refractivity contribution in [2.45, 2.75) is 0 Å². The third-order valence-electron chi connectivity index (χ3n) is 3.04. The molecule has 0 aliphatic carbocycles. The smallest absolute Gasteiger partial charge is 0.0998 e. The second-order valence-electron chi connectivity index (χ2n) is 4.78. The quantitative estimate of drug-likeness (QED) is 0.552. The summed E-state index contributed by atoms with van der Waals surface area (Å²) in [5.41, 5.74) is 3.53. The summed E-state index contributed by atoms with van der Waals surface area (Å²) < 4.78 is 0.995. The lowest BCUT2D eigenvalue weighted by Gasteiger charge is -2.14. The van der Waals surface area contributed by atoms with Gasteiger partial charge in [-0.1, -0.05) is 29.8 Å². The molecule has 0 spiro atoms. The minimum absolute atomic E-state index is 0.608. The Hall–Kier alpha value is -1.76. The van der Waals surface area contributed by atoms with Crippen molar-refractivity contribution in [3.05, 3.63) is 63.1 Å². The minimum Gasteiger partial charge on any atom is -0.377 e. The third-order valence-corrected chi connectivity index (χ3v) is 3.93. The van der Waals surface area contributed by atoms with Crippen molar-refractivity contribution in [3.8, 4) is 6.07 Å². The summed E-state index contributed by atoms with van der Waals surface area (Å²) in [6.07, 6.45) is 1.87. The average molecular weight is 362 g/mol. The lowest BCUT2D eigenvalue weighted by molar-refractivity contribution is 1.12. The minimum atomic E-state index is 0.608. The number of allylic oxidation sites excluding steroid dienone is 1. The molecule has 0 radical (unpaired) electrons. The Labute approximate surface area is 138 Å². The highest BCUT2D eigenvalue weighted by atomic mass is 79.9. The van der Waals surface area contributed by atoms with Crippen LogP contribution in [0.25, 0.3) is 11.6 Å². The van der Waals surface area contributed by atoms with E-state index in [1.807, 2.05) is 55.4 Å². The van der Waals surface area contributed by atoms with Crippen LogP contribution in [0.15, 0.2) is 46.9 Å². The zero-order valence-corrected chi connectivity index (χ0v) is 14.1. The molecule has 0 saturated carbocycles. The Bertz CT molecular complexity index is 713. The van der Waals surface area contributed by atoms with Crippen LogP contribution in [-0.2, 0) is 0 Å². The first-order valence-corrected chi connectivity index (χ1v) is 7.53. The van der Waals surface area contributed by atoms with E-state index in [2.05, 4.69) is 22.0 Å². The summed E-state index contributed by atoms with van der Waals surface area (Å²) >= 11 is 9.43. The van der Waals surface area contributed by atoms with Gasteiger partial charge in [0.1, 0.15) is 0 Å². The van der Waals surface area contributed by atoms with Gasteiger partial charge in [-0.25, -0.2) is 0 Å². The van der Waals surface area contributed by atoms with E-state index in [0.717, 1.165) is 21.3 Å². The van der Waals surface area contributed by atoms with Gasteiger partial charge in [-0.2, -0.15) is 5.26 Å². The van der Waals surface area contributed by atoms with E-state index in [9.17, 15) is 5.26 Å². The van der Waals surface area contributed by atoms with E-state index in [-0.39, 0.29) is 0 Å². The molecule has 0 amide bonds. The van der Waals surface area contributed by atoms with E-state index in [1.54, 1.807) is 12.1 Å². The maximum Gasteiger partial charge on any atom is 0.0998 e. The fourth-order valence-corrected chi connectivity index (χ4v) is 2.83. The molecule has 0 aliphatic heterocycles. The predicted octanol–water partition coefficient (Wildman–Crippen LogP) is 5.23. The van der Waals surface area contributed by atoms with Gasteiger partial charge in [-0.05, 0) is 57.4 Å². The van der Waals surface area contributed by atoms with Crippen LogP contribution in [0.2, 0.25) is 5.02 Å². The van der Waals surface area contributed by atoms with E-state index in [4.69, 9.17) is 11.6 Å². The SMILES string of the molecule is CN(C)c1ccc(C=C(C#N)c2ccc(Cl)cc2)cc1Br. The van der Waals surface area contributed by atoms with Crippen molar-refractivity contribution < 1.29 is 0 Å². The third kappa shape index (κ3) is 3.87. The highest BCUT2D eigenvalue weighted by Crippen LogP contribution is 2.28. The molecular weight excluding hydrogens is 348 g/mol. The normalized spacial score (nSPS) is 11.1. The van der Waals surface area contributed by atoms with E-state index in [0.29, 0.717) is 10.6 Å². The van der Waals surface area contributed by atoms with Gasteiger partial charge >= 0.3 is 0 Å². The Morgan fingerprint density at radius 3 is 2.38 bits per heavy atom. The van der Waals surface area contributed by atoms with Crippen LogP contribution in [0, 0.1) is 11.3 Å². The van der Waals surface area contributed by atoms with Crippen LogP contribution in [0.1, 0.15) is 11.1 Å². The standard InChI is InChI=1S/C17H14BrClN2/c1-21(2)17-8-3-12(10-16(17)18)9-14(11-20)13-4-6-15(19)7-5-13/h3-10H,1-2H3. The fraction of sp³-hybridized carbons (Fsp3) is 0.118.